The molecule has 2 fully saturated rings. The second-order valence-corrected chi connectivity index (χ2v) is 6.51. The summed E-state index contributed by atoms with van der Waals surface area (Å²) in [5.41, 5.74) is 1.76. The van der Waals surface area contributed by atoms with Gasteiger partial charge in [-0.2, -0.15) is 0 Å². The lowest BCUT2D eigenvalue weighted by atomic mass is 9.96. The molecule has 0 unspecified atom stereocenters. The van der Waals surface area contributed by atoms with E-state index in [-0.39, 0.29) is 12.0 Å². The number of fused-ring (bicyclic) bond motifs is 1. The lowest BCUT2D eigenvalue weighted by Gasteiger charge is -2.31. The minimum absolute atomic E-state index is 0.136. The molecule has 4 rings (SSSR count). The summed E-state index contributed by atoms with van der Waals surface area (Å²) in [6.07, 6.45) is 4.61. The first-order chi connectivity index (χ1) is 11.3. The number of rotatable bonds is 3. The molecular formula is C18H22N2O3. The Hall–Kier alpha value is -1.88. The summed E-state index contributed by atoms with van der Waals surface area (Å²) in [6.45, 7) is 2.38. The first kappa shape index (κ1) is 14.7. The number of aromatic nitrogens is 1. The van der Waals surface area contributed by atoms with Gasteiger partial charge in [-0.25, -0.2) is 4.98 Å². The molecule has 1 aromatic heterocycles. The molecule has 0 N–H and O–H groups in total. The Kier molecular flexibility index (Phi) is 4.04. The molecule has 1 amide bonds. The predicted molar refractivity (Wildman–Crippen MR) is 86.2 cm³/mol. The summed E-state index contributed by atoms with van der Waals surface area (Å²) in [4.78, 5) is 18.9. The van der Waals surface area contributed by atoms with Gasteiger partial charge in [-0.15, -0.1) is 0 Å². The van der Waals surface area contributed by atoms with Gasteiger partial charge in [0, 0.05) is 25.6 Å². The molecule has 2 aliphatic rings. The molecule has 2 saturated heterocycles. The SMILES string of the molecule is O=C(C[C@@H]1CCCO1)N1CCC(c2nc3ccccc3o2)CC1. The van der Waals surface area contributed by atoms with Crippen LogP contribution in [0.5, 0.6) is 0 Å². The Morgan fingerprint density at radius 2 is 2.04 bits per heavy atom. The molecule has 5 heteroatoms. The molecule has 0 aliphatic carbocycles. The molecule has 0 bridgehead atoms. The zero-order valence-electron chi connectivity index (χ0n) is 13.2. The third-order valence-electron chi connectivity index (χ3n) is 4.93. The number of para-hydroxylation sites is 2. The van der Waals surface area contributed by atoms with E-state index >= 15 is 0 Å². The molecule has 23 heavy (non-hydrogen) atoms. The van der Waals surface area contributed by atoms with Crippen LogP contribution in [0, 0.1) is 0 Å². The Labute approximate surface area is 135 Å². The van der Waals surface area contributed by atoms with Gasteiger partial charge in [0.25, 0.3) is 0 Å². The molecule has 0 spiro atoms. The van der Waals surface area contributed by atoms with Crippen molar-refractivity contribution in [2.45, 2.75) is 44.1 Å². The summed E-state index contributed by atoms with van der Waals surface area (Å²) < 4.78 is 11.4. The number of carbonyl (C=O) groups excluding carboxylic acids is 1. The van der Waals surface area contributed by atoms with Crippen LogP contribution in [0.3, 0.4) is 0 Å². The van der Waals surface area contributed by atoms with E-state index in [1.54, 1.807) is 0 Å². The van der Waals surface area contributed by atoms with Crippen molar-refractivity contribution in [2.75, 3.05) is 19.7 Å². The summed E-state index contributed by atoms with van der Waals surface area (Å²) in [5.74, 6) is 1.36. The van der Waals surface area contributed by atoms with Gasteiger partial charge >= 0.3 is 0 Å². The molecule has 0 radical (unpaired) electrons. The third kappa shape index (κ3) is 3.11. The number of nitrogens with zero attached hydrogens (tertiary/aromatic N) is 2. The minimum Gasteiger partial charge on any atom is -0.440 e. The Balaban J connectivity index is 1.35. The molecular weight excluding hydrogens is 292 g/mol. The van der Waals surface area contributed by atoms with Crippen LogP contribution >= 0.6 is 0 Å². The zero-order valence-corrected chi connectivity index (χ0v) is 13.2. The predicted octanol–water partition coefficient (Wildman–Crippen LogP) is 3.10. The first-order valence-corrected chi connectivity index (χ1v) is 8.54. The van der Waals surface area contributed by atoms with Crippen LogP contribution in [-0.4, -0.2) is 41.6 Å². The molecule has 5 nitrogen and oxygen atoms in total. The van der Waals surface area contributed by atoms with E-state index in [2.05, 4.69) is 4.98 Å². The normalized spacial score (nSPS) is 22.8. The summed E-state index contributed by atoms with van der Waals surface area (Å²) in [7, 11) is 0. The standard InChI is InChI=1S/C18H22N2O3/c21-17(12-14-4-3-11-22-14)20-9-7-13(8-10-20)18-19-15-5-1-2-6-16(15)23-18/h1-2,5-6,13-14H,3-4,7-12H2/t14-/m0/s1. The lowest BCUT2D eigenvalue weighted by molar-refractivity contribution is -0.134. The van der Waals surface area contributed by atoms with Gasteiger partial charge in [0.05, 0.1) is 12.5 Å². The average molecular weight is 314 g/mol. The quantitative estimate of drug-likeness (QED) is 0.873. The van der Waals surface area contributed by atoms with Crippen molar-refractivity contribution in [3.63, 3.8) is 0 Å². The number of carbonyl (C=O) groups is 1. The van der Waals surface area contributed by atoms with E-state index in [4.69, 9.17) is 9.15 Å². The van der Waals surface area contributed by atoms with E-state index in [9.17, 15) is 4.79 Å². The highest BCUT2D eigenvalue weighted by molar-refractivity contribution is 5.77. The lowest BCUT2D eigenvalue weighted by Crippen LogP contribution is -2.39. The van der Waals surface area contributed by atoms with Crippen LogP contribution in [0.15, 0.2) is 28.7 Å². The summed E-state index contributed by atoms with van der Waals surface area (Å²) in [5, 5.41) is 0. The van der Waals surface area contributed by atoms with Gasteiger partial charge in [0.1, 0.15) is 5.52 Å². The molecule has 3 heterocycles. The minimum atomic E-state index is 0.136. The van der Waals surface area contributed by atoms with E-state index in [1.165, 1.54) is 0 Å². The maximum Gasteiger partial charge on any atom is 0.225 e. The summed E-state index contributed by atoms with van der Waals surface area (Å²) >= 11 is 0. The molecule has 2 aliphatic heterocycles. The van der Waals surface area contributed by atoms with Crippen LogP contribution in [0.2, 0.25) is 0 Å². The Morgan fingerprint density at radius 1 is 1.22 bits per heavy atom. The Morgan fingerprint density at radius 3 is 2.78 bits per heavy atom. The average Bonchev–Trinajstić information content (AvgIpc) is 3.24. The smallest absolute Gasteiger partial charge is 0.225 e. The molecule has 1 aromatic carbocycles. The highest BCUT2D eigenvalue weighted by Gasteiger charge is 2.29. The fraction of sp³-hybridized carbons (Fsp3) is 0.556. The maximum atomic E-state index is 12.3. The number of hydrogen-bond acceptors (Lipinski definition) is 4. The van der Waals surface area contributed by atoms with E-state index in [0.29, 0.717) is 12.3 Å². The van der Waals surface area contributed by atoms with Crippen molar-refractivity contribution in [3.05, 3.63) is 30.2 Å². The Bertz CT molecular complexity index is 649. The highest BCUT2D eigenvalue weighted by Crippen LogP contribution is 2.30. The largest absolute Gasteiger partial charge is 0.440 e. The van der Waals surface area contributed by atoms with Crippen LogP contribution in [-0.2, 0) is 9.53 Å². The van der Waals surface area contributed by atoms with Crippen molar-refractivity contribution in [1.29, 1.82) is 0 Å². The van der Waals surface area contributed by atoms with Crippen LogP contribution in [0.25, 0.3) is 11.1 Å². The number of ether oxygens (including phenoxy) is 1. The molecule has 2 aromatic rings. The van der Waals surface area contributed by atoms with Crippen molar-refractivity contribution >= 4 is 17.0 Å². The van der Waals surface area contributed by atoms with Crippen molar-refractivity contribution in [3.8, 4) is 0 Å². The van der Waals surface area contributed by atoms with Crippen molar-refractivity contribution in [1.82, 2.24) is 9.88 Å². The van der Waals surface area contributed by atoms with Crippen LogP contribution in [0.1, 0.15) is 43.9 Å². The van der Waals surface area contributed by atoms with E-state index in [1.807, 2.05) is 29.2 Å². The van der Waals surface area contributed by atoms with Gasteiger partial charge in [-0.3, -0.25) is 4.79 Å². The molecule has 1 atom stereocenters. The van der Waals surface area contributed by atoms with E-state index < -0.39 is 0 Å². The van der Waals surface area contributed by atoms with Crippen LogP contribution in [0.4, 0.5) is 0 Å². The number of benzene rings is 1. The van der Waals surface area contributed by atoms with Crippen molar-refractivity contribution in [2.24, 2.45) is 0 Å². The number of likely N-dealkylation sites (tertiary alicyclic amines) is 1. The topological polar surface area (TPSA) is 55.6 Å². The first-order valence-electron chi connectivity index (χ1n) is 8.54. The van der Waals surface area contributed by atoms with E-state index in [0.717, 1.165) is 62.4 Å². The number of piperidine rings is 1. The maximum absolute atomic E-state index is 12.3. The number of oxazole rings is 1. The van der Waals surface area contributed by atoms with Crippen molar-refractivity contribution < 1.29 is 13.9 Å². The zero-order chi connectivity index (χ0) is 15.6. The van der Waals surface area contributed by atoms with Crippen LogP contribution < -0.4 is 0 Å². The third-order valence-corrected chi connectivity index (χ3v) is 4.93. The monoisotopic (exact) mass is 314 g/mol. The molecule has 122 valence electrons. The van der Waals surface area contributed by atoms with Gasteiger partial charge in [-0.1, -0.05) is 12.1 Å². The van der Waals surface area contributed by atoms with Gasteiger partial charge in [0.15, 0.2) is 11.5 Å². The highest BCUT2D eigenvalue weighted by atomic mass is 16.5. The fourth-order valence-corrected chi connectivity index (χ4v) is 3.57. The van der Waals surface area contributed by atoms with Gasteiger partial charge < -0.3 is 14.1 Å². The molecule has 0 saturated carbocycles. The van der Waals surface area contributed by atoms with Gasteiger partial charge in [0.2, 0.25) is 5.91 Å². The number of amides is 1. The fourth-order valence-electron chi connectivity index (χ4n) is 3.57. The second kappa shape index (κ2) is 6.32. The number of hydrogen-bond donors (Lipinski definition) is 0. The van der Waals surface area contributed by atoms with Gasteiger partial charge in [-0.05, 0) is 37.8 Å². The summed E-state index contributed by atoms with van der Waals surface area (Å²) in [6, 6.07) is 7.86. The second-order valence-electron chi connectivity index (χ2n) is 6.51.